The smallest absolute Gasteiger partial charge is 0.223 e. The Balaban J connectivity index is 1.82. The van der Waals surface area contributed by atoms with Gasteiger partial charge in [0.25, 0.3) is 0 Å². The van der Waals surface area contributed by atoms with Crippen molar-refractivity contribution in [3.8, 4) is 5.75 Å². The number of hydrogen-bond acceptors (Lipinski definition) is 3. The predicted molar refractivity (Wildman–Crippen MR) is 75.2 cm³/mol. The van der Waals surface area contributed by atoms with E-state index in [1.165, 1.54) is 11.1 Å². The lowest BCUT2D eigenvalue weighted by atomic mass is 10.1. The number of likely N-dealkylation sites (tertiary alicyclic amines) is 1. The zero-order valence-corrected chi connectivity index (χ0v) is 11.7. The fourth-order valence-electron chi connectivity index (χ4n) is 2.52. The van der Waals surface area contributed by atoms with Crippen LogP contribution in [0.15, 0.2) is 18.2 Å². The molecule has 1 fully saturated rings. The number of aryl methyl sites for hydroxylation is 2. The highest BCUT2D eigenvalue weighted by atomic mass is 16.5. The molecule has 19 heavy (non-hydrogen) atoms. The van der Waals surface area contributed by atoms with Gasteiger partial charge < -0.3 is 15.4 Å². The van der Waals surface area contributed by atoms with Crippen LogP contribution >= 0.6 is 0 Å². The van der Waals surface area contributed by atoms with Crippen molar-refractivity contribution in [2.24, 2.45) is 11.7 Å². The first-order valence-corrected chi connectivity index (χ1v) is 6.77. The van der Waals surface area contributed by atoms with E-state index in [0.717, 1.165) is 12.3 Å². The maximum absolute atomic E-state index is 11.7. The van der Waals surface area contributed by atoms with Crippen LogP contribution in [0.1, 0.15) is 17.5 Å². The Labute approximate surface area is 114 Å². The van der Waals surface area contributed by atoms with Gasteiger partial charge in [-0.3, -0.25) is 4.79 Å². The molecule has 1 heterocycles. The van der Waals surface area contributed by atoms with Gasteiger partial charge >= 0.3 is 0 Å². The van der Waals surface area contributed by atoms with E-state index in [2.05, 4.69) is 19.9 Å². The first-order valence-electron chi connectivity index (χ1n) is 6.77. The van der Waals surface area contributed by atoms with E-state index < -0.39 is 0 Å². The van der Waals surface area contributed by atoms with Gasteiger partial charge in [-0.2, -0.15) is 0 Å². The molecule has 0 bridgehead atoms. The summed E-state index contributed by atoms with van der Waals surface area (Å²) >= 11 is 0. The standard InChI is InChI=1S/C15H22N2O2/c1-11-5-12(2)7-14(6-11)19-4-3-17-10-13(9-16)8-15(17)18/h5-7,13H,3-4,8-10,16H2,1-2H3. The minimum Gasteiger partial charge on any atom is -0.492 e. The molecule has 1 atom stereocenters. The number of hydrogen-bond donors (Lipinski definition) is 1. The Morgan fingerprint density at radius 2 is 2.00 bits per heavy atom. The maximum atomic E-state index is 11.7. The van der Waals surface area contributed by atoms with Gasteiger partial charge in [-0.05, 0) is 49.6 Å². The van der Waals surface area contributed by atoms with E-state index in [1.807, 2.05) is 17.0 Å². The highest BCUT2D eigenvalue weighted by molar-refractivity contribution is 5.78. The molecule has 104 valence electrons. The predicted octanol–water partition coefficient (Wildman–Crippen LogP) is 1.49. The molecule has 1 aliphatic rings. The van der Waals surface area contributed by atoms with Crippen LogP contribution in [0.2, 0.25) is 0 Å². The SMILES string of the molecule is Cc1cc(C)cc(OCCN2CC(CN)CC2=O)c1. The number of ether oxygens (including phenoxy) is 1. The van der Waals surface area contributed by atoms with Crippen molar-refractivity contribution in [1.82, 2.24) is 4.90 Å². The normalized spacial score (nSPS) is 19.0. The molecular formula is C15H22N2O2. The van der Waals surface area contributed by atoms with Gasteiger partial charge in [0.15, 0.2) is 0 Å². The van der Waals surface area contributed by atoms with Crippen LogP contribution in [0, 0.1) is 19.8 Å². The molecule has 0 saturated carbocycles. The molecule has 0 aliphatic carbocycles. The summed E-state index contributed by atoms with van der Waals surface area (Å²) in [6, 6.07) is 6.14. The summed E-state index contributed by atoms with van der Waals surface area (Å²) in [5, 5.41) is 0. The lowest BCUT2D eigenvalue weighted by molar-refractivity contribution is -0.128. The molecular weight excluding hydrogens is 240 g/mol. The molecule has 1 aromatic carbocycles. The first kappa shape index (κ1) is 13.9. The third kappa shape index (κ3) is 3.70. The molecule has 2 rings (SSSR count). The summed E-state index contributed by atoms with van der Waals surface area (Å²) in [5.74, 6) is 1.38. The van der Waals surface area contributed by atoms with E-state index in [4.69, 9.17) is 10.5 Å². The van der Waals surface area contributed by atoms with Gasteiger partial charge in [0.1, 0.15) is 12.4 Å². The van der Waals surface area contributed by atoms with Gasteiger partial charge in [0, 0.05) is 13.0 Å². The second kappa shape index (κ2) is 6.06. The van der Waals surface area contributed by atoms with Gasteiger partial charge in [0.05, 0.1) is 6.54 Å². The van der Waals surface area contributed by atoms with E-state index in [1.54, 1.807) is 0 Å². The zero-order valence-electron chi connectivity index (χ0n) is 11.7. The van der Waals surface area contributed by atoms with Gasteiger partial charge in [0.2, 0.25) is 5.91 Å². The number of nitrogens with zero attached hydrogens (tertiary/aromatic N) is 1. The number of benzene rings is 1. The summed E-state index contributed by atoms with van der Waals surface area (Å²) < 4.78 is 5.72. The lowest BCUT2D eigenvalue weighted by Crippen LogP contribution is -2.30. The van der Waals surface area contributed by atoms with E-state index in [9.17, 15) is 4.79 Å². The van der Waals surface area contributed by atoms with Crippen molar-refractivity contribution in [3.05, 3.63) is 29.3 Å². The molecule has 2 N–H and O–H groups in total. The fourth-order valence-corrected chi connectivity index (χ4v) is 2.52. The molecule has 0 radical (unpaired) electrons. The second-order valence-corrected chi connectivity index (χ2v) is 5.32. The van der Waals surface area contributed by atoms with Crippen LogP contribution in [0.25, 0.3) is 0 Å². The number of nitrogens with two attached hydrogens (primary N) is 1. The van der Waals surface area contributed by atoms with E-state index in [-0.39, 0.29) is 5.91 Å². The third-order valence-electron chi connectivity index (χ3n) is 3.45. The van der Waals surface area contributed by atoms with Crippen LogP contribution in [-0.2, 0) is 4.79 Å². The minimum atomic E-state index is 0.194. The minimum absolute atomic E-state index is 0.194. The molecule has 1 aliphatic heterocycles. The molecule has 1 unspecified atom stereocenters. The fraction of sp³-hybridized carbons (Fsp3) is 0.533. The lowest BCUT2D eigenvalue weighted by Gasteiger charge is -2.17. The van der Waals surface area contributed by atoms with Crippen molar-refractivity contribution < 1.29 is 9.53 Å². The Morgan fingerprint density at radius 1 is 1.32 bits per heavy atom. The summed E-state index contributed by atoms with van der Waals surface area (Å²) in [4.78, 5) is 13.6. The summed E-state index contributed by atoms with van der Waals surface area (Å²) in [6.07, 6.45) is 0.583. The Hall–Kier alpha value is -1.55. The summed E-state index contributed by atoms with van der Waals surface area (Å²) in [5.41, 5.74) is 7.98. The molecule has 4 heteroatoms. The largest absolute Gasteiger partial charge is 0.492 e. The van der Waals surface area contributed by atoms with Crippen molar-refractivity contribution in [2.75, 3.05) is 26.2 Å². The van der Waals surface area contributed by atoms with Crippen molar-refractivity contribution >= 4 is 5.91 Å². The Morgan fingerprint density at radius 3 is 2.58 bits per heavy atom. The zero-order chi connectivity index (χ0) is 13.8. The van der Waals surface area contributed by atoms with Gasteiger partial charge in [-0.1, -0.05) is 6.07 Å². The average Bonchev–Trinajstić information content (AvgIpc) is 2.69. The topological polar surface area (TPSA) is 55.6 Å². The van der Waals surface area contributed by atoms with Gasteiger partial charge in [-0.15, -0.1) is 0 Å². The van der Waals surface area contributed by atoms with Gasteiger partial charge in [-0.25, -0.2) is 0 Å². The molecule has 4 nitrogen and oxygen atoms in total. The third-order valence-corrected chi connectivity index (χ3v) is 3.45. The van der Waals surface area contributed by atoms with E-state index in [0.29, 0.717) is 32.0 Å². The molecule has 1 saturated heterocycles. The molecule has 0 aromatic heterocycles. The number of carbonyl (C=O) groups is 1. The molecule has 0 spiro atoms. The molecule has 1 aromatic rings. The number of carbonyl (C=O) groups excluding carboxylic acids is 1. The van der Waals surface area contributed by atoms with Crippen LogP contribution in [0.3, 0.4) is 0 Å². The van der Waals surface area contributed by atoms with Crippen LogP contribution < -0.4 is 10.5 Å². The van der Waals surface area contributed by atoms with E-state index >= 15 is 0 Å². The highest BCUT2D eigenvalue weighted by Crippen LogP contribution is 2.18. The summed E-state index contributed by atoms with van der Waals surface area (Å²) in [6.45, 7) is 6.63. The second-order valence-electron chi connectivity index (χ2n) is 5.32. The van der Waals surface area contributed by atoms with Crippen LogP contribution in [0.5, 0.6) is 5.75 Å². The quantitative estimate of drug-likeness (QED) is 0.874. The average molecular weight is 262 g/mol. The van der Waals surface area contributed by atoms with Crippen molar-refractivity contribution in [3.63, 3.8) is 0 Å². The monoisotopic (exact) mass is 262 g/mol. The van der Waals surface area contributed by atoms with Crippen LogP contribution in [0.4, 0.5) is 0 Å². The Bertz CT molecular complexity index is 439. The first-order chi connectivity index (χ1) is 9.08. The number of amides is 1. The highest BCUT2D eigenvalue weighted by Gasteiger charge is 2.27. The van der Waals surface area contributed by atoms with Crippen LogP contribution in [-0.4, -0.2) is 37.0 Å². The Kier molecular flexibility index (Phi) is 4.43. The van der Waals surface area contributed by atoms with Crippen molar-refractivity contribution in [2.45, 2.75) is 20.3 Å². The number of rotatable bonds is 5. The van der Waals surface area contributed by atoms with Crippen molar-refractivity contribution in [1.29, 1.82) is 0 Å². The summed E-state index contributed by atoms with van der Waals surface area (Å²) in [7, 11) is 0. The molecule has 1 amide bonds. The maximum Gasteiger partial charge on any atom is 0.223 e.